The summed E-state index contributed by atoms with van der Waals surface area (Å²) in [5.41, 5.74) is 7.33. The highest BCUT2D eigenvalue weighted by Gasteiger charge is 2.29. The second kappa shape index (κ2) is 5.97. The zero-order valence-electron chi connectivity index (χ0n) is 11.6. The Hall–Kier alpha value is -1.33. The Balaban J connectivity index is 1.54. The summed E-state index contributed by atoms with van der Waals surface area (Å²) in [6.07, 6.45) is 3.18. The van der Waals surface area contributed by atoms with E-state index in [0.29, 0.717) is 18.2 Å². The third-order valence-electron chi connectivity index (χ3n) is 3.51. The van der Waals surface area contributed by atoms with E-state index in [0.717, 1.165) is 11.6 Å². The summed E-state index contributed by atoms with van der Waals surface area (Å²) in [5, 5.41) is 4.02. The van der Waals surface area contributed by atoms with Crippen LogP contribution in [0, 0.1) is 12.8 Å². The van der Waals surface area contributed by atoms with E-state index in [4.69, 9.17) is 10.3 Å². The highest BCUT2D eigenvalue weighted by atomic mass is 32.2. The minimum absolute atomic E-state index is 0.174. The molecule has 1 atom stereocenters. The molecule has 0 aliphatic heterocycles. The predicted molar refractivity (Wildman–Crippen MR) is 79.4 cm³/mol. The molecule has 1 heterocycles. The second-order valence-corrected chi connectivity index (χ2v) is 6.46. The standard InChI is InChI=1S/C15H19N3OS/c1-10-3-2-4-12(7-10)20-9-14-17-15(19-18-14)8-13(16)11-5-6-11/h2-4,7,11,13H,5-6,8-9,16H2,1H3. The van der Waals surface area contributed by atoms with Gasteiger partial charge < -0.3 is 10.3 Å². The third-order valence-corrected chi connectivity index (χ3v) is 4.50. The lowest BCUT2D eigenvalue weighted by Crippen LogP contribution is -2.25. The summed E-state index contributed by atoms with van der Waals surface area (Å²) in [6.45, 7) is 2.09. The van der Waals surface area contributed by atoms with E-state index >= 15 is 0 Å². The van der Waals surface area contributed by atoms with Crippen LogP contribution in [0.3, 0.4) is 0 Å². The van der Waals surface area contributed by atoms with Gasteiger partial charge in [-0.2, -0.15) is 4.98 Å². The molecule has 5 heteroatoms. The Bertz CT molecular complexity index is 580. The molecule has 0 saturated heterocycles. The van der Waals surface area contributed by atoms with Gasteiger partial charge in [0.05, 0.1) is 5.75 Å². The summed E-state index contributed by atoms with van der Waals surface area (Å²) >= 11 is 1.72. The zero-order chi connectivity index (χ0) is 13.9. The lowest BCUT2D eigenvalue weighted by Gasteiger charge is -2.04. The molecule has 4 nitrogen and oxygen atoms in total. The van der Waals surface area contributed by atoms with Crippen LogP contribution >= 0.6 is 11.8 Å². The number of nitrogens with two attached hydrogens (primary N) is 1. The summed E-state index contributed by atoms with van der Waals surface area (Å²) < 4.78 is 5.27. The van der Waals surface area contributed by atoms with Crippen molar-refractivity contribution in [1.82, 2.24) is 10.1 Å². The molecule has 0 amide bonds. The summed E-state index contributed by atoms with van der Waals surface area (Å²) in [7, 11) is 0. The van der Waals surface area contributed by atoms with Gasteiger partial charge in [0.1, 0.15) is 0 Å². The molecule has 1 fully saturated rings. The number of hydrogen-bond donors (Lipinski definition) is 1. The van der Waals surface area contributed by atoms with Crippen LogP contribution in [0.15, 0.2) is 33.7 Å². The van der Waals surface area contributed by atoms with Crippen molar-refractivity contribution in [3.8, 4) is 0 Å². The molecule has 1 aliphatic carbocycles. The van der Waals surface area contributed by atoms with Gasteiger partial charge in [0, 0.05) is 17.4 Å². The van der Waals surface area contributed by atoms with Crippen molar-refractivity contribution in [2.75, 3.05) is 0 Å². The van der Waals surface area contributed by atoms with Crippen molar-refractivity contribution in [3.05, 3.63) is 41.5 Å². The Morgan fingerprint density at radius 3 is 3.05 bits per heavy atom. The Morgan fingerprint density at radius 2 is 2.30 bits per heavy atom. The zero-order valence-corrected chi connectivity index (χ0v) is 12.4. The van der Waals surface area contributed by atoms with E-state index in [9.17, 15) is 0 Å². The first kappa shape index (κ1) is 13.6. The smallest absolute Gasteiger partial charge is 0.228 e. The lowest BCUT2D eigenvalue weighted by molar-refractivity contribution is 0.360. The highest BCUT2D eigenvalue weighted by Crippen LogP contribution is 2.32. The van der Waals surface area contributed by atoms with E-state index in [2.05, 4.69) is 41.3 Å². The van der Waals surface area contributed by atoms with Gasteiger partial charge in [0.25, 0.3) is 0 Å². The average Bonchev–Trinajstić information content (AvgIpc) is 3.19. The maximum absolute atomic E-state index is 6.07. The Labute approximate surface area is 123 Å². The number of aryl methyl sites for hydroxylation is 1. The first-order valence-corrected chi connectivity index (χ1v) is 7.96. The molecular weight excluding hydrogens is 270 g/mol. The van der Waals surface area contributed by atoms with Crippen LogP contribution in [-0.4, -0.2) is 16.2 Å². The molecule has 2 aromatic rings. The van der Waals surface area contributed by atoms with Gasteiger partial charge in [0.15, 0.2) is 5.82 Å². The monoisotopic (exact) mass is 289 g/mol. The van der Waals surface area contributed by atoms with Gasteiger partial charge >= 0.3 is 0 Å². The molecule has 1 aliphatic rings. The molecule has 1 aromatic carbocycles. The number of thioether (sulfide) groups is 1. The maximum Gasteiger partial charge on any atom is 0.228 e. The molecule has 0 radical (unpaired) electrons. The van der Waals surface area contributed by atoms with E-state index in [-0.39, 0.29) is 6.04 Å². The normalized spacial score (nSPS) is 16.3. The molecule has 1 saturated carbocycles. The van der Waals surface area contributed by atoms with Crippen LogP contribution < -0.4 is 5.73 Å². The molecule has 20 heavy (non-hydrogen) atoms. The average molecular weight is 289 g/mol. The molecular formula is C15H19N3OS. The number of benzene rings is 1. The van der Waals surface area contributed by atoms with Crippen LogP contribution in [-0.2, 0) is 12.2 Å². The van der Waals surface area contributed by atoms with Crippen LogP contribution in [0.25, 0.3) is 0 Å². The minimum atomic E-state index is 0.174. The number of hydrogen-bond acceptors (Lipinski definition) is 5. The van der Waals surface area contributed by atoms with Crippen molar-refractivity contribution < 1.29 is 4.52 Å². The molecule has 1 aromatic heterocycles. The highest BCUT2D eigenvalue weighted by molar-refractivity contribution is 7.98. The first-order chi connectivity index (χ1) is 9.70. The van der Waals surface area contributed by atoms with Crippen LogP contribution in [0.2, 0.25) is 0 Å². The largest absolute Gasteiger partial charge is 0.339 e. The van der Waals surface area contributed by atoms with Crippen molar-refractivity contribution in [2.45, 2.75) is 42.9 Å². The van der Waals surface area contributed by atoms with Crippen molar-refractivity contribution >= 4 is 11.8 Å². The number of rotatable bonds is 6. The van der Waals surface area contributed by atoms with Crippen LogP contribution in [0.1, 0.15) is 30.1 Å². The van der Waals surface area contributed by atoms with Gasteiger partial charge in [-0.05, 0) is 37.8 Å². The second-order valence-electron chi connectivity index (χ2n) is 5.41. The Kier molecular flexibility index (Phi) is 4.08. The molecule has 0 bridgehead atoms. The van der Waals surface area contributed by atoms with Crippen molar-refractivity contribution in [1.29, 1.82) is 0 Å². The van der Waals surface area contributed by atoms with Crippen LogP contribution in [0.5, 0.6) is 0 Å². The minimum Gasteiger partial charge on any atom is -0.339 e. The third kappa shape index (κ3) is 3.61. The summed E-state index contributed by atoms with van der Waals surface area (Å²) in [6, 6.07) is 8.59. The van der Waals surface area contributed by atoms with Gasteiger partial charge in [0.2, 0.25) is 5.89 Å². The molecule has 3 rings (SSSR count). The lowest BCUT2D eigenvalue weighted by atomic mass is 10.1. The predicted octanol–water partition coefficient (Wildman–Crippen LogP) is 2.95. The van der Waals surface area contributed by atoms with E-state index in [1.807, 2.05) is 0 Å². The van der Waals surface area contributed by atoms with Gasteiger partial charge in [-0.15, -0.1) is 11.8 Å². The van der Waals surface area contributed by atoms with E-state index in [1.54, 1.807) is 11.8 Å². The van der Waals surface area contributed by atoms with E-state index < -0.39 is 0 Å². The SMILES string of the molecule is Cc1cccc(SCc2noc(CC(N)C3CC3)n2)c1. The topological polar surface area (TPSA) is 64.9 Å². The quantitative estimate of drug-likeness (QED) is 0.828. The summed E-state index contributed by atoms with van der Waals surface area (Å²) in [4.78, 5) is 5.65. The van der Waals surface area contributed by atoms with Crippen molar-refractivity contribution in [2.24, 2.45) is 11.7 Å². The van der Waals surface area contributed by atoms with Crippen molar-refractivity contribution in [3.63, 3.8) is 0 Å². The Morgan fingerprint density at radius 1 is 1.45 bits per heavy atom. The fraction of sp³-hybridized carbons (Fsp3) is 0.467. The molecule has 106 valence electrons. The number of nitrogens with zero attached hydrogens (tertiary/aromatic N) is 2. The first-order valence-electron chi connectivity index (χ1n) is 6.97. The molecule has 1 unspecified atom stereocenters. The fourth-order valence-electron chi connectivity index (χ4n) is 2.18. The van der Waals surface area contributed by atoms with Crippen LogP contribution in [0.4, 0.5) is 0 Å². The van der Waals surface area contributed by atoms with Gasteiger partial charge in [-0.1, -0.05) is 22.9 Å². The fourth-order valence-corrected chi connectivity index (χ4v) is 3.03. The van der Waals surface area contributed by atoms with Gasteiger partial charge in [-0.3, -0.25) is 0 Å². The number of aromatic nitrogens is 2. The maximum atomic E-state index is 6.07. The van der Waals surface area contributed by atoms with E-state index in [1.165, 1.54) is 23.3 Å². The molecule has 2 N–H and O–H groups in total. The molecule has 0 spiro atoms. The van der Waals surface area contributed by atoms with Gasteiger partial charge in [-0.25, -0.2) is 0 Å². The summed E-state index contributed by atoms with van der Waals surface area (Å²) in [5.74, 6) is 2.80.